The van der Waals surface area contributed by atoms with E-state index >= 15 is 0 Å². The minimum Gasteiger partial charge on any atom is -0.494 e. The third-order valence-corrected chi connectivity index (χ3v) is 5.21. The molecule has 0 unspecified atom stereocenters. The van der Waals surface area contributed by atoms with Gasteiger partial charge in [0.25, 0.3) is 0 Å². The van der Waals surface area contributed by atoms with Gasteiger partial charge in [0, 0.05) is 5.56 Å². The Kier molecular flexibility index (Phi) is 8.95. The van der Waals surface area contributed by atoms with Crippen molar-refractivity contribution in [1.82, 2.24) is 0 Å². The van der Waals surface area contributed by atoms with Crippen LogP contribution in [0.2, 0.25) is 0 Å². The standard InChI is InChI=1S/C22H26F2O.C3H8/c1-3-14-25-18-10-8-17(9-11-18)20-13-12-19(21(23)22(20)24)16-6-4-15(2)5-7-16;1-3-2/h8-13,15-16H,3-7,14H2,1-2H3;3H2,1-2H3. The fourth-order valence-electron chi connectivity index (χ4n) is 3.62. The lowest BCUT2D eigenvalue weighted by molar-refractivity contribution is 0.317. The fourth-order valence-corrected chi connectivity index (χ4v) is 3.62. The van der Waals surface area contributed by atoms with Crippen molar-refractivity contribution in [3.05, 3.63) is 53.6 Å². The molecule has 0 atom stereocenters. The first kappa shape index (κ1) is 22.4. The Balaban J connectivity index is 0.000000878. The zero-order valence-corrected chi connectivity index (χ0v) is 17.7. The summed E-state index contributed by atoms with van der Waals surface area (Å²) in [4.78, 5) is 0. The van der Waals surface area contributed by atoms with E-state index in [0.29, 0.717) is 29.2 Å². The highest BCUT2D eigenvalue weighted by Gasteiger charge is 2.25. The Morgan fingerprint density at radius 2 is 1.46 bits per heavy atom. The second-order valence-electron chi connectivity index (χ2n) is 7.87. The lowest BCUT2D eigenvalue weighted by Gasteiger charge is -2.27. The molecule has 28 heavy (non-hydrogen) atoms. The van der Waals surface area contributed by atoms with Crippen molar-refractivity contribution >= 4 is 0 Å². The van der Waals surface area contributed by atoms with Crippen molar-refractivity contribution in [2.45, 2.75) is 72.1 Å². The highest BCUT2D eigenvalue weighted by Crippen LogP contribution is 2.38. The molecule has 1 nitrogen and oxygen atoms in total. The molecule has 1 aliphatic carbocycles. The quantitative estimate of drug-likeness (QED) is 0.502. The van der Waals surface area contributed by atoms with Gasteiger partial charge in [0.1, 0.15) is 5.75 Å². The Morgan fingerprint density at radius 3 is 2.04 bits per heavy atom. The molecule has 2 aromatic carbocycles. The van der Waals surface area contributed by atoms with Crippen LogP contribution in [0.5, 0.6) is 5.75 Å². The van der Waals surface area contributed by atoms with Gasteiger partial charge in [-0.3, -0.25) is 0 Å². The zero-order chi connectivity index (χ0) is 20.5. The van der Waals surface area contributed by atoms with Crippen LogP contribution >= 0.6 is 0 Å². The van der Waals surface area contributed by atoms with Gasteiger partial charge < -0.3 is 4.74 Å². The van der Waals surface area contributed by atoms with Crippen LogP contribution in [0.3, 0.4) is 0 Å². The van der Waals surface area contributed by atoms with Crippen LogP contribution in [0, 0.1) is 17.6 Å². The molecule has 0 amide bonds. The van der Waals surface area contributed by atoms with Gasteiger partial charge in [-0.15, -0.1) is 0 Å². The highest BCUT2D eigenvalue weighted by molar-refractivity contribution is 5.65. The second kappa shape index (κ2) is 11.2. The maximum absolute atomic E-state index is 14.7. The van der Waals surface area contributed by atoms with Gasteiger partial charge in [0.2, 0.25) is 0 Å². The zero-order valence-electron chi connectivity index (χ0n) is 17.7. The number of benzene rings is 2. The molecule has 1 saturated carbocycles. The van der Waals surface area contributed by atoms with E-state index in [1.807, 2.05) is 6.92 Å². The van der Waals surface area contributed by atoms with E-state index in [2.05, 4.69) is 20.8 Å². The monoisotopic (exact) mass is 388 g/mol. The first-order valence-corrected chi connectivity index (χ1v) is 10.7. The first-order chi connectivity index (χ1) is 13.5. The minimum atomic E-state index is -0.738. The van der Waals surface area contributed by atoms with Crippen molar-refractivity contribution < 1.29 is 13.5 Å². The van der Waals surface area contributed by atoms with E-state index in [1.165, 1.54) is 6.42 Å². The van der Waals surface area contributed by atoms with Crippen LogP contribution in [0.25, 0.3) is 11.1 Å². The van der Waals surface area contributed by atoms with E-state index in [4.69, 9.17) is 4.74 Å². The molecule has 1 fully saturated rings. The van der Waals surface area contributed by atoms with Crippen molar-refractivity contribution in [2.75, 3.05) is 6.61 Å². The molecule has 0 bridgehead atoms. The Bertz CT molecular complexity index is 716. The van der Waals surface area contributed by atoms with Gasteiger partial charge in [-0.1, -0.05) is 71.2 Å². The predicted octanol–water partition coefficient (Wildman–Crippen LogP) is 8.13. The molecule has 0 saturated heterocycles. The summed E-state index contributed by atoms with van der Waals surface area (Å²) >= 11 is 0. The third kappa shape index (κ3) is 5.80. The summed E-state index contributed by atoms with van der Waals surface area (Å²) in [5.41, 5.74) is 1.52. The molecule has 0 heterocycles. The van der Waals surface area contributed by atoms with Crippen LogP contribution in [-0.2, 0) is 0 Å². The Labute approximate surface area is 169 Å². The van der Waals surface area contributed by atoms with Crippen molar-refractivity contribution in [2.24, 2.45) is 5.92 Å². The average Bonchev–Trinajstić information content (AvgIpc) is 2.70. The molecular formula is C25H34F2O. The number of halogens is 2. The lowest BCUT2D eigenvalue weighted by atomic mass is 9.79. The van der Waals surface area contributed by atoms with Crippen molar-refractivity contribution in [1.29, 1.82) is 0 Å². The Morgan fingerprint density at radius 1 is 0.857 bits per heavy atom. The topological polar surface area (TPSA) is 9.23 Å². The maximum atomic E-state index is 14.7. The van der Waals surface area contributed by atoms with Crippen LogP contribution in [0.1, 0.15) is 77.7 Å². The lowest BCUT2D eigenvalue weighted by Crippen LogP contribution is -2.13. The third-order valence-electron chi connectivity index (χ3n) is 5.21. The van der Waals surface area contributed by atoms with Crippen LogP contribution in [-0.4, -0.2) is 6.61 Å². The summed E-state index contributed by atoms with van der Waals surface area (Å²) in [5, 5.41) is 0. The smallest absolute Gasteiger partial charge is 0.166 e. The number of ether oxygens (including phenoxy) is 1. The summed E-state index contributed by atoms with van der Waals surface area (Å²) in [6.45, 7) is 9.17. The molecule has 0 aromatic heterocycles. The van der Waals surface area contributed by atoms with E-state index in [9.17, 15) is 8.78 Å². The summed E-state index contributed by atoms with van der Waals surface area (Å²) in [6, 6.07) is 10.7. The fraction of sp³-hybridized carbons (Fsp3) is 0.520. The van der Waals surface area contributed by atoms with Gasteiger partial charge in [-0.2, -0.15) is 0 Å². The van der Waals surface area contributed by atoms with E-state index in [-0.39, 0.29) is 5.92 Å². The molecule has 0 radical (unpaired) electrons. The van der Waals surface area contributed by atoms with Gasteiger partial charge >= 0.3 is 0 Å². The summed E-state index contributed by atoms with van der Waals surface area (Å²) in [5.74, 6) is 0.169. The van der Waals surface area contributed by atoms with Gasteiger partial charge in [0.15, 0.2) is 11.6 Å². The van der Waals surface area contributed by atoms with Crippen LogP contribution < -0.4 is 4.74 Å². The SMILES string of the molecule is CCC.CCCOc1ccc(-c2ccc(C3CCC(C)CC3)c(F)c2F)cc1. The van der Waals surface area contributed by atoms with Gasteiger partial charge in [0.05, 0.1) is 6.61 Å². The molecule has 1 aliphatic rings. The van der Waals surface area contributed by atoms with Crippen LogP contribution in [0.15, 0.2) is 36.4 Å². The number of hydrogen-bond donors (Lipinski definition) is 0. The van der Waals surface area contributed by atoms with E-state index < -0.39 is 11.6 Å². The van der Waals surface area contributed by atoms with E-state index in [1.54, 1.807) is 36.4 Å². The number of rotatable bonds is 5. The first-order valence-electron chi connectivity index (χ1n) is 10.7. The van der Waals surface area contributed by atoms with Crippen molar-refractivity contribution in [3.8, 4) is 16.9 Å². The maximum Gasteiger partial charge on any atom is 0.166 e. The number of hydrogen-bond acceptors (Lipinski definition) is 1. The summed E-state index contributed by atoms with van der Waals surface area (Å²) in [6.07, 6.45) is 6.25. The van der Waals surface area contributed by atoms with E-state index in [0.717, 1.165) is 37.9 Å². The normalized spacial score (nSPS) is 18.9. The molecule has 0 N–H and O–H groups in total. The van der Waals surface area contributed by atoms with Crippen molar-refractivity contribution in [3.63, 3.8) is 0 Å². The average molecular weight is 389 g/mol. The van der Waals surface area contributed by atoms with Gasteiger partial charge in [-0.25, -0.2) is 8.78 Å². The van der Waals surface area contributed by atoms with Gasteiger partial charge in [-0.05, 0) is 54.4 Å². The summed E-state index contributed by atoms with van der Waals surface area (Å²) in [7, 11) is 0. The Hall–Kier alpha value is -1.90. The second-order valence-corrected chi connectivity index (χ2v) is 7.87. The largest absolute Gasteiger partial charge is 0.494 e. The predicted molar refractivity (Wildman–Crippen MR) is 114 cm³/mol. The summed E-state index contributed by atoms with van der Waals surface area (Å²) < 4.78 is 34.9. The molecule has 3 heteroatoms. The molecule has 154 valence electrons. The molecule has 0 aliphatic heterocycles. The highest BCUT2D eigenvalue weighted by atomic mass is 19.2. The molecule has 0 spiro atoms. The van der Waals surface area contributed by atoms with Crippen LogP contribution in [0.4, 0.5) is 8.78 Å². The molecular weight excluding hydrogens is 354 g/mol. The molecule has 2 aromatic rings. The molecule has 3 rings (SSSR count). The minimum absolute atomic E-state index is 0.143.